The minimum atomic E-state index is 0.492. The molecule has 3 fully saturated rings. The van der Waals surface area contributed by atoms with Crippen molar-refractivity contribution in [2.75, 3.05) is 0 Å². The highest BCUT2D eigenvalue weighted by Gasteiger charge is 2.58. The van der Waals surface area contributed by atoms with E-state index in [9.17, 15) is 0 Å². The quantitative estimate of drug-likeness (QED) is 0.419. The van der Waals surface area contributed by atoms with Gasteiger partial charge in [0, 0.05) is 5.25 Å². The third kappa shape index (κ3) is 2.32. The highest BCUT2D eigenvalue weighted by Crippen LogP contribution is 2.67. The first-order valence-corrected chi connectivity index (χ1v) is 10.9. The lowest BCUT2D eigenvalue weighted by atomic mass is 9.47. The maximum absolute atomic E-state index is 4.80. The van der Waals surface area contributed by atoms with Crippen LogP contribution in [-0.4, -0.2) is 5.25 Å². The summed E-state index contributed by atoms with van der Waals surface area (Å²) in [6.45, 7) is 11.8. The van der Waals surface area contributed by atoms with Gasteiger partial charge in [0.05, 0.1) is 0 Å². The van der Waals surface area contributed by atoms with Gasteiger partial charge < -0.3 is 0 Å². The molecule has 134 valence electrons. The monoisotopic (exact) mass is 344 g/mol. The second kappa shape index (κ2) is 5.93. The van der Waals surface area contributed by atoms with Crippen molar-refractivity contribution in [2.45, 2.75) is 77.4 Å². The maximum atomic E-state index is 4.80. The van der Waals surface area contributed by atoms with E-state index in [1.807, 2.05) is 0 Å². The standard InChI is InChI=1S/C23H36S/c1-5-15(2)19-8-9-20-18-7-6-16-14-17(24)10-12-22(16,3)21(18)11-13-23(19,20)4/h5-6,15,17-21,24H,1,7-14H2,2-4H3/t15-,17+,18?,19-,20?,21?,22?,23?/m1/s1. The molecule has 1 heteroatoms. The fraction of sp³-hybridized carbons (Fsp3) is 0.826. The maximum Gasteiger partial charge on any atom is 0.00545 e. The fourth-order valence-electron chi connectivity index (χ4n) is 7.71. The topological polar surface area (TPSA) is 0 Å². The summed E-state index contributed by atoms with van der Waals surface area (Å²) in [5.41, 5.74) is 2.83. The molecule has 24 heavy (non-hydrogen) atoms. The highest BCUT2D eigenvalue weighted by atomic mass is 32.1. The summed E-state index contributed by atoms with van der Waals surface area (Å²) in [6, 6.07) is 0. The van der Waals surface area contributed by atoms with E-state index in [1.54, 1.807) is 5.57 Å². The van der Waals surface area contributed by atoms with Crippen molar-refractivity contribution in [3.05, 3.63) is 24.3 Å². The van der Waals surface area contributed by atoms with E-state index in [0.717, 1.165) is 23.7 Å². The molecule has 0 heterocycles. The first kappa shape index (κ1) is 17.3. The Morgan fingerprint density at radius 3 is 2.71 bits per heavy atom. The van der Waals surface area contributed by atoms with Gasteiger partial charge in [0.2, 0.25) is 0 Å². The minimum Gasteiger partial charge on any atom is -0.176 e. The van der Waals surface area contributed by atoms with Gasteiger partial charge in [-0.3, -0.25) is 0 Å². The van der Waals surface area contributed by atoms with Crippen LogP contribution in [0.2, 0.25) is 0 Å². The van der Waals surface area contributed by atoms with E-state index >= 15 is 0 Å². The molecule has 0 amide bonds. The lowest BCUT2D eigenvalue weighted by Crippen LogP contribution is -2.50. The van der Waals surface area contributed by atoms with Gasteiger partial charge in [-0.1, -0.05) is 38.5 Å². The van der Waals surface area contributed by atoms with E-state index in [2.05, 4.69) is 39.5 Å². The predicted molar refractivity (Wildman–Crippen MR) is 107 cm³/mol. The summed E-state index contributed by atoms with van der Waals surface area (Å²) in [5, 5.41) is 0.610. The number of hydrogen-bond donors (Lipinski definition) is 1. The van der Waals surface area contributed by atoms with Gasteiger partial charge in [0.1, 0.15) is 0 Å². The molecule has 0 aromatic carbocycles. The van der Waals surface area contributed by atoms with Crippen molar-refractivity contribution >= 4 is 12.6 Å². The Morgan fingerprint density at radius 1 is 1.17 bits per heavy atom. The van der Waals surface area contributed by atoms with Gasteiger partial charge in [-0.25, -0.2) is 0 Å². The molecule has 0 nitrogen and oxygen atoms in total. The van der Waals surface area contributed by atoms with Crippen LogP contribution in [0.3, 0.4) is 0 Å². The first-order valence-electron chi connectivity index (χ1n) is 10.4. The minimum absolute atomic E-state index is 0.492. The molecule has 4 rings (SSSR count). The average Bonchev–Trinajstić information content (AvgIpc) is 2.92. The van der Waals surface area contributed by atoms with Crippen molar-refractivity contribution in [2.24, 2.45) is 40.4 Å². The number of allylic oxidation sites excluding steroid dienone is 3. The molecular weight excluding hydrogens is 308 g/mol. The predicted octanol–water partition coefficient (Wildman–Crippen LogP) is 6.69. The Labute approximate surface area is 155 Å². The molecule has 0 aromatic rings. The number of fused-ring (bicyclic) bond motifs is 5. The fourth-order valence-corrected chi connectivity index (χ4v) is 8.04. The van der Waals surface area contributed by atoms with Gasteiger partial charge in [-0.05, 0) is 91.8 Å². The van der Waals surface area contributed by atoms with Crippen molar-refractivity contribution in [3.8, 4) is 0 Å². The largest absolute Gasteiger partial charge is 0.176 e. The van der Waals surface area contributed by atoms with Gasteiger partial charge in [0.15, 0.2) is 0 Å². The third-order valence-corrected chi connectivity index (χ3v) is 9.60. The Kier molecular flexibility index (Phi) is 4.26. The molecule has 0 aliphatic heterocycles. The zero-order chi connectivity index (χ0) is 17.1. The summed E-state index contributed by atoms with van der Waals surface area (Å²) in [5.74, 6) is 4.38. The molecule has 0 spiro atoms. The summed E-state index contributed by atoms with van der Waals surface area (Å²) < 4.78 is 0. The Bertz CT molecular complexity index is 548. The molecule has 5 unspecified atom stereocenters. The number of thiol groups is 1. The lowest BCUT2D eigenvalue weighted by Gasteiger charge is -2.58. The van der Waals surface area contributed by atoms with Crippen LogP contribution in [0, 0.1) is 40.4 Å². The smallest absolute Gasteiger partial charge is 0.00545 e. The molecule has 4 aliphatic rings. The summed E-state index contributed by atoms with van der Waals surface area (Å²) in [6.07, 6.45) is 16.0. The van der Waals surface area contributed by atoms with Crippen LogP contribution in [-0.2, 0) is 0 Å². The average molecular weight is 345 g/mol. The van der Waals surface area contributed by atoms with Gasteiger partial charge in [-0.15, -0.1) is 6.58 Å². The van der Waals surface area contributed by atoms with Crippen LogP contribution in [0.4, 0.5) is 0 Å². The lowest BCUT2D eigenvalue weighted by molar-refractivity contribution is -0.0458. The van der Waals surface area contributed by atoms with E-state index in [1.165, 1.54) is 51.4 Å². The van der Waals surface area contributed by atoms with E-state index < -0.39 is 0 Å². The summed E-state index contributed by atoms with van der Waals surface area (Å²) in [4.78, 5) is 0. The Hall–Kier alpha value is -0.170. The molecule has 3 saturated carbocycles. The van der Waals surface area contributed by atoms with Crippen LogP contribution in [0.15, 0.2) is 24.3 Å². The molecule has 0 aromatic heterocycles. The molecule has 0 bridgehead atoms. The molecule has 8 atom stereocenters. The number of rotatable bonds is 2. The van der Waals surface area contributed by atoms with Crippen LogP contribution in [0.25, 0.3) is 0 Å². The van der Waals surface area contributed by atoms with Gasteiger partial charge >= 0.3 is 0 Å². The molecule has 4 aliphatic carbocycles. The van der Waals surface area contributed by atoms with E-state index in [-0.39, 0.29) is 0 Å². The molecule has 0 radical (unpaired) electrons. The van der Waals surface area contributed by atoms with Gasteiger partial charge in [0.25, 0.3) is 0 Å². The van der Waals surface area contributed by atoms with Crippen molar-refractivity contribution < 1.29 is 0 Å². The summed E-state index contributed by atoms with van der Waals surface area (Å²) >= 11 is 4.80. The Morgan fingerprint density at radius 2 is 1.96 bits per heavy atom. The van der Waals surface area contributed by atoms with Crippen LogP contribution < -0.4 is 0 Å². The SMILES string of the molecule is C=C[C@@H](C)[C@H]1CCC2C3CC=C4C[C@@H](S)CCC4(C)C3CCC21C. The molecule has 0 saturated heterocycles. The molecular formula is C23H36S. The molecule has 0 N–H and O–H groups in total. The third-order valence-electron chi connectivity index (χ3n) is 9.16. The highest BCUT2D eigenvalue weighted by molar-refractivity contribution is 7.80. The van der Waals surface area contributed by atoms with Crippen molar-refractivity contribution in [3.63, 3.8) is 0 Å². The second-order valence-electron chi connectivity index (χ2n) is 9.98. The zero-order valence-electron chi connectivity index (χ0n) is 15.9. The van der Waals surface area contributed by atoms with Gasteiger partial charge in [-0.2, -0.15) is 12.6 Å². The van der Waals surface area contributed by atoms with Crippen LogP contribution in [0.5, 0.6) is 0 Å². The second-order valence-corrected chi connectivity index (χ2v) is 10.7. The van der Waals surface area contributed by atoms with Crippen LogP contribution >= 0.6 is 12.6 Å². The van der Waals surface area contributed by atoms with Crippen molar-refractivity contribution in [1.82, 2.24) is 0 Å². The Balaban J connectivity index is 1.64. The van der Waals surface area contributed by atoms with E-state index in [0.29, 0.717) is 22.0 Å². The van der Waals surface area contributed by atoms with Crippen LogP contribution in [0.1, 0.15) is 72.1 Å². The zero-order valence-corrected chi connectivity index (χ0v) is 16.8. The first-order chi connectivity index (χ1) is 11.4. The number of hydrogen-bond acceptors (Lipinski definition) is 1. The van der Waals surface area contributed by atoms with Crippen molar-refractivity contribution in [1.29, 1.82) is 0 Å². The summed E-state index contributed by atoms with van der Waals surface area (Å²) in [7, 11) is 0. The van der Waals surface area contributed by atoms with E-state index in [4.69, 9.17) is 12.6 Å². The normalized spacial score (nSPS) is 51.8.